The molecule has 2 N–H and O–H groups in total. The van der Waals surface area contributed by atoms with Gasteiger partial charge in [-0.1, -0.05) is 29.3 Å². The smallest absolute Gasteiger partial charge is 0.319 e. The number of nitrogens with one attached hydrogen (secondary N) is 2. The SMILES string of the molecule is O=C(NCCCN1CCCC1=O)Nc1cccc(Cl)c1Cl. The van der Waals surface area contributed by atoms with Crippen molar-refractivity contribution in [3.63, 3.8) is 0 Å². The molecule has 1 saturated heterocycles. The second-order valence-corrected chi connectivity index (χ2v) is 5.61. The molecule has 7 heteroatoms. The quantitative estimate of drug-likeness (QED) is 0.815. The molecule has 2 rings (SSSR count). The maximum atomic E-state index is 11.7. The molecule has 3 amide bonds. The minimum Gasteiger partial charge on any atom is -0.343 e. The number of urea groups is 1. The fourth-order valence-electron chi connectivity index (χ4n) is 2.18. The van der Waals surface area contributed by atoms with Gasteiger partial charge in [0.15, 0.2) is 0 Å². The average molecular weight is 330 g/mol. The summed E-state index contributed by atoms with van der Waals surface area (Å²) >= 11 is 11.9. The lowest BCUT2D eigenvalue weighted by Crippen LogP contribution is -2.33. The van der Waals surface area contributed by atoms with Crippen molar-refractivity contribution in [1.82, 2.24) is 10.2 Å². The van der Waals surface area contributed by atoms with Crippen LogP contribution >= 0.6 is 23.2 Å². The number of carbonyl (C=O) groups excluding carboxylic acids is 2. The number of hydrogen-bond donors (Lipinski definition) is 2. The van der Waals surface area contributed by atoms with Gasteiger partial charge in [0, 0.05) is 26.1 Å². The third-order valence-corrected chi connectivity index (χ3v) is 4.08. The minimum absolute atomic E-state index is 0.199. The molecule has 0 unspecified atom stereocenters. The highest BCUT2D eigenvalue weighted by molar-refractivity contribution is 6.43. The highest BCUT2D eigenvalue weighted by Gasteiger charge is 2.19. The van der Waals surface area contributed by atoms with Crippen LogP contribution in [0.5, 0.6) is 0 Å². The molecule has 21 heavy (non-hydrogen) atoms. The Kier molecular flexibility index (Phi) is 5.70. The van der Waals surface area contributed by atoms with Gasteiger partial charge < -0.3 is 15.5 Å². The van der Waals surface area contributed by atoms with E-state index in [2.05, 4.69) is 10.6 Å². The van der Waals surface area contributed by atoms with E-state index in [0.29, 0.717) is 35.2 Å². The number of benzene rings is 1. The molecule has 0 atom stereocenters. The Labute approximate surface area is 133 Å². The van der Waals surface area contributed by atoms with Crippen LogP contribution in [0, 0.1) is 0 Å². The summed E-state index contributed by atoms with van der Waals surface area (Å²) in [6.45, 7) is 1.99. The Morgan fingerprint density at radius 1 is 1.33 bits per heavy atom. The lowest BCUT2D eigenvalue weighted by Gasteiger charge is -2.15. The maximum Gasteiger partial charge on any atom is 0.319 e. The van der Waals surface area contributed by atoms with Gasteiger partial charge >= 0.3 is 6.03 Å². The van der Waals surface area contributed by atoms with Crippen LogP contribution in [0.25, 0.3) is 0 Å². The van der Waals surface area contributed by atoms with E-state index in [0.717, 1.165) is 19.4 Å². The lowest BCUT2D eigenvalue weighted by atomic mass is 10.3. The molecular weight excluding hydrogens is 313 g/mol. The Hall–Kier alpha value is -1.46. The second-order valence-electron chi connectivity index (χ2n) is 4.82. The van der Waals surface area contributed by atoms with E-state index in [1.165, 1.54) is 0 Å². The highest BCUT2D eigenvalue weighted by atomic mass is 35.5. The first-order chi connectivity index (χ1) is 10.1. The molecular formula is C14H17Cl2N3O2. The third-order valence-electron chi connectivity index (χ3n) is 3.26. The molecule has 0 aliphatic carbocycles. The minimum atomic E-state index is -0.341. The predicted octanol–water partition coefficient (Wildman–Crippen LogP) is 3.13. The van der Waals surface area contributed by atoms with Gasteiger partial charge in [-0.25, -0.2) is 4.79 Å². The molecule has 0 bridgehead atoms. The molecule has 5 nitrogen and oxygen atoms in total. The van der Waals surface area contributed by atoms with Crippen LogP contribution in [0.15, 0.2) is 18.2 Å². The summed E-state index contributed by atoms with van der Waals surface area (Å²) in [4.78, 5) is 25.0. The average Bonchev–Trinajstić information content (AvgIpc) is 2.86. The van der Waals surface area contributed by atoms with Crippen molar-refractivity contribution in [3.05, 3.63) is 28.2 Å². The third kappa shape index (κ3) is 4.51. The number of nitrogens with zero attached hydrogens (tertiary/aromatic N) is 1. The van der Waals surface area contributed by atoms with Crippen LogP contribution in [0.2, 0.25) is 10.0 Å². The van der Waals surface area contributed by atoms with Crippen molar-refractivity contribution in [3.8, 4) is 0 Å². The monoisotopic (exact) mass is 329 g/mol. The summed E-state index contributed by atoms with van der Waals surface area (Å²) in [5.41, 5.74) is 0.469. The molecule has 1 heterocycles. The summed E-state index contributed by atoms with van der Waals surface area (Å²) in [6.07, 6.45) is 2.30. The van der Waals surface area contributed by atoms with Crippen molar-refractivity contribution < 1.29 is 9.59 Å². The molecule has 0 spiro atoms. The Bertz CT molecular complexity index is 537. The number of hydrogen-bond acceptors (Lipinski definition) is 2. The molecule has 114 valence electrons. The van der Waals surface area contributed by atoms with Crippen molar-refractivity contribution in [2.24, 2.45) is 0 Å². The van der Waals surface area contributed by atoms with E-state index in [1.54, 1.807) is 18.2 Å². The Balaban J connectivity index is 1.70. The maximum absolute atomic E-state index is 11.7. The van der Waals surface area contributed by atoms with Crippen molar-refractivity contribution in [2.75, 3.05) is 25.0 Å². The van der Waals surface area contributed by atoms with Crippen LogP contribution in [-0.4, -0.2) is 36.5 Å². The molecule has 0 radical (unpaired) electrons. The van der Waals surface area contributed by atoms with Crippen LogP contribution in [-0.2, 0) is 4.79 Å². The van der Waals surface area contributed by atoms with E-state index < -0.39 is 0 Å². The van der Waals surface area contributed by atoms with Gasteiger partial charge in [-0.15, -0.1) is 0 Å². The summed E-state index contributed by atoms with van der Waals surface area (Å²) in [7, 11) is 0. The van der Waals surface area contributed by atoms with Gasteiger partial charge in [-0.3, -0.25) is 4.79 Å². The van der Waals surface area contributed by atoms with E-state index >= 15 is 0 Å². The van der Waals surface area contributed by atoms with Crippen LogP contribution in [0.3, 0.4) is 0 Å². The first-order valence-corrected chi connectivity index (χ1v) is 7.60. The van der Waals surface area contributed by atoms with E-state index in [4.69, 9.17) is 23.2 Å². The lowest BCUT2D eigenvalue weighted by molar-refractivity contribution is -0.127. The molecule has 1 aliphatic heterocycles. The van der Waals surface area contributed by atoms with Gasteiger partial charge in [0.05, 0.1) is 15.7 Å². The largest absolute Gasteiger partial charge is 0.343 e. The summed E-state index contributed by atoms with van der Waals surface area (Å²) in [5.74, 6) is 0.199. The number of likely N-dealkylation sites (tertiary alicyclic amines) is 1. The summed E-state index contributed by atoms with van der Waals surface area (Å²) < 4.78 is 0. The molecule has 1 aliphatic rings. The zero-order valence-corrected chi connectivity index (χ0v) is 13.0. The first-order valence-electron chi connectivity index (χ1n) is 6.84. The zero-order valence-electron chi connectivity index (χ0n) is 11.5. The van der Waals surface area contributed by atoms with Gasteiger partial charge in [-0.2, -0.15) is 0 Å². The number of rotatable bonds is 5. The number of carbonyl (C=O) groups is 2. The first kappa shape index (κ1) is 15.9. The Morgan fingerprint density at radius 3 is 2.86 bits per heavy atom. The molecule has 0 aromatic heterocycles. The van der Waals surface area contributed by atoms with Crippen molar-refractivity contribution >= 4 is 40.8 Å². The second kappa shape index (κ2) is 7.52. The topological polar surface area (TPSA) is 61.4 Å². The fourth-order valence-corrected chi connectivity index (χ4v) is 2.53. The van der Waals surface area contributed by atoms with Gasteiger partial charge in [0.1, 0.15) is 0 Å². The van der Waals surface area contributed by atoms with E-state index in [9.17, 15) is 9.59 Å². The zero-order chi connectivity index (χ0) is 15.2. The molecule has 1 fully saturated rings. The van der Waals surface area contributed by atoms with E-state index in [-0.39, 0.29) is 11.9 Å². The van der Waals surface area contributed by atoms with Crippen LogP contribution < -0.4 is 10.6 Å². The molecule has 0 saturated carbocycles. The molecule has 1 aromatic carbocycles. The molecule has 1 aromatic rings. The fraction of sp³-hybridized carbons (Fsp3) is 0.429. The van der Waals surface area contributed by atoms with E-state index in [1.807, 2.05) is 4.90 Å². The van der Waals surface area contributed by atoms with Crippen molar-refractivity contribution in [2.45, 2.75) is 19.3 Å². The Morgan fingerprint density at radius 2 is 2.14 bits per heavy atom. The highest BCUT2D eigenvalue weighted by Crippen LogP contribution is 2.29. The summed E-state index contributed by atoms with van der Waals surface area (Å²) in [5, 5.41) is 6.08. The number of anilines is 1. The van der Waals surface area contributed by atoms with Crippen LogP contribution in [0.1, 0.15) is 19.3 Å². The van der Waals surface area contributed by atoms with Gasteiger partial charge in [-0.05, 0) is 25.0 Å². The summed E-state index contributed by atoms with van der Waals surface area (Å²) in [6, 6.07) is 4.70. The van der Waals surface area contributed by atoms with Gasteiger partial charge in [0.2, 0.25) is 5.91 Å². The van der Waals surface area contributed by atoms with Crippen molar-refractivity contribution in [1.29, 1.82) is 0 Å². The normalized spacial score (nSPS) is 14.4. The van der Waals surface area contributed by atoms with Gasteiger partial charge in [0.25, 0.3) is 0 Å². The number of halogens is 2. The van der Waals surface area contributed by atoms with Crippen LogP contribution in [0.4, 0.5) is 10.5 Å². The standard InChI is InChI=1S/C14H17Cl2N3O2/c15-10-4-1-5-11(13(10)16)18-14(21)17-7-3-9-19-8-2-6-12(19)20/h1,4-5H,2-3,6-9H2,(H2,17,18,21). The predicted molar refractivity (Wildman–Crippen MR) is 83.9 cm³/mol. The number of amides is 3.